The molecule has 0 bridgehead atoms. The highest BCUT2D eigenvalue weighted by Crippen LogP contribution is 2.29. The molecular formula is C19H17F3N2O2. The van der Waals surface area contributed by atoms with Crippen molar-refractivity contribution < 1.29 is 22.4 Å². The van der Waals surface area contributed by atoms with Gasteiger partial charge in [0.15, 0.2) is 5.58 Å². The second-order valence-electron chi connectivity index (χ2n) is 5.77. The lowest BCUT2D eigenvalue weighted by Gasteiger charge is -2.21. The van der Waals surface area contributed by atoms with E-state index in [4.69, 9.17) is 4.42 Å². The van der Waals surface area contributed by atoms with E-state index >= 15 is 0 Å². The highest BCUT2D eigenvalue weighted by Gasteiger charge is 2.42. The average Bonchev–Trinajstić information content (AvgIpc) is 3.05. The minimum atomic E-state index is -4.93. The van der Waals surface area contributed by atoms with Crippen molar-refractivity contribution in [3.63, 3.8) is 0 Å². The van der Waals surface area contributed by atoms with Crippen LogP contribution in [0.1, 0.15) is 19.4 Å². The van der Waals surface area contributed by atoms with Crippen molar-refractivity contribution in [2.24, 2.45) is 0 Å². The summed E-state index contributed by atoms with van der Waals surface area (Å²) in [6.07, 6.45) is -4.02. The maximum atomic E-state index is 12.7. The highest BCUT2D eigenvalue weighted by atomic mass is 19.4. The summed E-state index contributed by atoms with van der Waals surface area (Å²) in [6, 6.07) is 12.1. The van der Waals surface area contributed by atoms with Crippen LogP contribution in [0.15, 0.2) is 46.9 Å². The number of hydrogen-bond acceptors (Lipinski definition) is 3. The lowest BCUT2D eigenvalue weighted by Crippen LogP contribution is -2.41. The molecule has 26 heavy (non-hydrogen) atoms. The van der Waals surface area contributed by atoms with Crippen LogP contribution in [0.4, 0.5) is 18.9 Å². The average molecular weight is 362 g/mol. The number of nitrogens with zero attached hydrogens (tertiary/aromatic N) is 2. The molecule has 3 rings (SSSR count). The first-order chi connectivity index (χ1) is 12.3. The molecule has 2 aromatic carbocycles. The van der Waals surface area contributed by atoms with Crippen LogP contribution in [-0.4, -0.2) is 23.6 Å². The summed E-state index contributed by atoms with van der Waals surface area (Å²) in [7, 11) is 0. The van der Waals surface area contributed by atoms with E-state index in [0.29, 0.717) is 21.9 Å². The number of benzene rings is 2. The summed E-state index contributed by atoms with van der Waals surface area (Å²) in [4.78, 5) is 16.6. The molecule has 0 fully saturated rings. The first-order valence-corrected chi connectivity index (χ1v) is 8.22. The molecule has 0 radical (unpaired) electrons. The molecule has 0 unspecified atom stereocenters. The smallest absolute Gasteiger partial charge is 0.436 e. The van der Waals surface area contributed by atoms with Gasteiger partial charge in [-0.25, -0.2) is 4.98 Å². The zero-order chi connectivity index (χ0) is 18.9. The van der Waals surface area contributed by atoms with E-state index in [9.17, 15) is 18.0 Å². The molecule has 0 aliphatic heterocycles. The lowest BCUT2D eigenvalue weighted by atomic mass is 10.1. The molecule has 4 nitrogen and oxygen atoms in total. The van der Waals surface area contributed by atoms with E-state index in [1.807, 2.05) is 24.3 Å². The maximum absolute atomic E-state index is 12.7. The van der Waals surface area contributed by atoms with Gasteiger partial charge in [-0.2, -0.15) is 13.2 Å². The Hall–Kier alpha value is -2.83. The zero-order valence-corrected chi connectivity index (χ0v) is 14.3. The maximum Gasteiger partial charge on any atom is 0.471 e. The van der Waals surface area contributed by atoms with Crippen molar-refractivity contribution in [3.05, 3.63) is 48.0 Å². The first kappa shape index (κ1) is 18.0. The Morgan fingerprint density at radius 2 is 1.81 bits per heavy atom. The molecule has 0 saturated carbocycles. The molecule has 0 aliphatic carbocycles. The molecule has 0 spiro atoms. The van der Waals surface area contributed by atoms with Crippen molar-refractivity contribution in [3.8, 4) is 11.5 Å². The third kappa shape index (κ3) is 3.42. The number of aromatic nitrogens is 1. The van der Waals surface area contributed by atoms with Crippen molar-refractivity contribution in [1.29, 1.82) is 0 Å². The molecule has 3 aromatic rings. The van der Waals surface area contributed by atoms with Gasteiger partial charge in [0.1, 0.15) is 5.52 Å². The van der Waals surface area contributed by atoms with E-state index in [2.05, 4.69) is 11.9 Å². The summed E-state index contributed by atoms with van der Waals surface area (Å²) < 4.78 is 43.9. The Bertz CT molecular complexity index is 930. The van der Waals surface area contributed by atoms with Crippen LogP contribution >= 0.6 is 0 Å². The van der Waals surface area contributed by atoms with E-state index in [-0.39, 0.29) is 12.2 Å². The van der Waals surface area contributed by atoms with Crippen molar-refractivity contribution in [1.82, 2.24) is 4.98 Å². The Morgan fingerprint density at radius 3 is 2.38 bits per heavy atom. The molecular weight excluding hydrogens is 345 g/mol. The zero-order valence-electron chi connectivity index (χ0n) is 14.3. The SMILES string of the molecule is CCc1ccc(-c2nc3cc(N(CC)C(=O)C(F)(F)F)ccc3o2)cc1. The Labute approximate surface area is 148 Å². The topological polar surface area (TPSA) is 46.3 Å². The number of aryl methyl sites for hydroxylation is 1. The fourth-order valence-corrected chi connectivity index (χ4v) is 2.69. The predicted molar refractivity (Wildman–Crippen MR) is 92.9 cm³/mol. The van der Waals surface area contributed by atoms with Gasteiger partial charge in [0.2, 0.25) is 5.89 Å². The molecule has 7 heteroatoms. The highest BCUT2D eigenvalue weighted by molar-refractivity contribution is 5.98. The van der Waals surface area contributed by atoms with Gasteiger partial charge in [-0.3, -0.25) is 4.79 Å². The fourth-order valence-electron chi connectivity index (χ4n) is 2.69. The van der Waals surface area contributed by atoms with Gasteiger partial charge in [0, 0.05) is 17.8 Å². The molecule has 1 amide bonds. The van der Waals surface area contributed by atoms with Gasteiger partial charge in [-0.05, 0) is 49.2 Å². The number of rotatable bonds is 4. The molecule has 136 valence electrons. The Kier molecular flexibility index (Phi) is 4.71. The molecule has 0 aliphatic rings. The van der Waals surface area contributed by atoms with Crippen LogP contribution in [0.25, 0.3) is 22.6 Å². The van der Waals surface area contributed by atoms with E-state index in [1.165, 1.54) is 30.7 Å². The Balaban J connectivity index is 1.97. The number of carbonyl (C=O) groups is 1. The largest absolute Gasteiger partial charge is 0.471 e. The lowest BCUT2D eigenvalue weighted by molar-refractivity contribution is -0.170. The van der Waals surface area contributed by atoms with Crippen LogP contribution < -0.4 is 4.90 Å². The van der Waals surface area contributed by atoms with E-state index in [0.717, 1.165) is 12.0 Å². The number of alkyl halides is 3. The van der Waals surface area contributed by atoms with Crippen molar-refractivity contribution >= 4 is 22.7 Å². The summed E-state index contributed by atoms with van der Waals surface area (Å²) >= 11 is 0. The van der Waals surface area contributed by atoms with Crippen LogP contribution in [0.5, 0.6) is 0 Å². The number of fused-ring (bicyclic) bond motifs is 1. The van der Waals surface area contributed by atoms with Gasteiger partial charge in [0.25, 0.3) is 0 Å². The van der Waals surface area contributed by atoms with Crippen molar-refractivity contribution in [2.75, 3.05) is 11.4 Å². The normalized spacial score (nSPS) is 11.7. The summed E-state index contributed by atoms with van der Waals surface area (Å²) in [6.45, 7) is 3.43. The standard InChI is InChI=1S/C19H17F3N2O2/c1-3-12-5-7-13(8-6-12)17-23-15-11-14(9-10-16(15)26-17)24(4-2)18(25)19(20,21)22/h5-11H,3-4H2,1-2H3. The summed E-state index contributed by atoms with van der Waals surface area (Å²) in [5.74, 6) is -1.52. The number of amides is 1. The summed E-state index contributed by atoms with van der Waals surface area (Å²) in [5.41, 5.74) is 2.92. The molecule has 0 N–H and O–H groups in total. The van der Waals surface area contributed by atoms with E-state index < -0.39 is 12.1 Å². The van der Waals surface area contributed by atoms with E-state index in [1.54, 1.807) is 0 Å². The number of halogens is 3. The Morgan fingerprint density at radius 1 is 1.12 bits per heavy atom. The van der Waals surface area contributed by atoms with Crippen molar-refractivity contribution in [2.45, 2.75) is 26.4 Å². The van der Waals surface area contributed by atoms with Gasteiger partial charge in [-0.15, -0.1) is 0 Å². The van der Waals surface area contributed by atoms with Crippen LogP contribution in [0.3, 0.4) is 0 Å². The molecule has 1 heterocycles. The first-order valence-electron chi connectivity index (χ1n) is 8.22. The summed E-state index contributed by atoms with van der Waals surface area (Å²) in [5, 5.41) is 0. The number of carbonyl (C=O) groups excluding carboxylic acids is 1. The van der Waals surface area contributed by atoms with Gasteiger partial charge >= 0.3 is 12.1 Å². The number of oxazole rings is 1. The monoisotopic (exact) mass is 362 g/mol. The van der Waals surface area contributed by atoms with Crippen LogP contribution in [0, 0.1) is 0 Å². The second-order valence-corrected chi connectivity index (χ2v) is 5.77. The second kappa shape index (κ2) is 6.82. The minimum absolute atomic E-state index is 0.104. The number of anilines is 1. The quantitative estimate of drug-likeness (QED) is 0.658. The van der Waals surface area contributed by atoms with Gasteiger partial charge in [-0.1, -0.05) is 19.1 Å². The van der Waals surface area contributed by atoms with Crippen LogP contribution in [-0.2, 0) is 11.2 Å². The predicted octanol–water partition coefficient (Wildman–Crippen LogP) is 4.97. The molecule has 0 atom stereocenters. The fraction of sp³-hybridized carbons (Fsp3) is 0.263. The third-order valence-corrected chi connectivity index (χ3v) is 4.10. The third-order valence-electron chi connectivity index (χ3n) is 4.10. The molecule has 0 saturated heterocycles. The minimum Gasteiger partial charge on any atom is -0.436 e. The van der Waals surface area contributed by atoms with Gasteiger partial charge in [0.05, 0.1) is 0 Å². The molecule has 1 aromatic heterocycles. The van der Waals surface area contributed by atoms with Gasteiger partial charge < -0.3 is 9.32 Å². The number of hydrogen-bond donors (Lipinski definition) is 0. The van der Waals surface area contributed by atoms with Crippen LogP contribution in [0.2, 0.25) is 0 Å².